The summed E-state index contributed by atoms with van der Waals surface area (Å²) in [5.41, 5.74) is 3.60. The minimum absolute atomic E-state index is 0.252. The number of benzene rings is 3. The van der Waals surface area contributed by atoms with E-state index in [0.29, 0.717) is 31.3 Å². The van der Waals surface area contributed by atoms with Crippen LogP contribution in [0.3, 0.4) is 0 Å². The molecule has 1 amide bonds. The molecule has 4 aromatic rings. The molecule has 3 N–H and O–H groups in total. The molecular formula is C28H30N4O3. The van der Waals surface area contributed by atoms with Crippen LogP contribution in [0.5, 0.6) is 11.5 Å². The molecule has 0 fully saturated rings. The average Bonchev–Trinajstić information content (AvgIpc) is 3.29. The Morgan fingerprint density at radius 2 is 1.54 bits per heavy atom. The lowest BCUT2D eigenvalue weighted by atomic mass is 10.1. The van der Waals surface area contributed by atoms with Crippen LogP contribution in [0.25, 0.3) is 10.9 Å². The summed E-state index contributed by atoms with van der Waals surface area (Å²) >= 11 is 0. The van der Waals surface area contributed by atoms with E-state index in [1.807, 2.05) is 56.4 Å². The molecule has 0 aliphatic rings. The van der Waals surface area contributed by atoms with Crippen LogP contribution >= 0.6 is 0 Å². The van der Waals surface area contributed by atoms with E-state index in [4.69, 9.17) is 9.47 Å². The molecule has 1 heterocycles. The van der Waals surface area contributed by atoms with Gasteiger partial charge in [0.2, 0.25) is 5.96 Å². The molecule has 4 rings (SSSR count). The molecule has 7 heteroatoms. The summed E-state index contributed by atoms with van der Waals surface area (Å²) in [4.78, 5) is 20.9. The van der Waals surface area contributed by atoms with E-state index >= 15 is 0 Å². The molecule has 0 saturated heterocycles. The quantitative estimate of drug-likeness (QED) is 0.226. The second-order valence-corrected chi connectivity index (χ2v) is 7.83. The number of aromatic nitrogens is 1. The van der Waals surface area contributed by atoms with Gasteiger partial charge in [-0.15, -0.1) is 0 Å². The topological polar surface area (TPSA) is 87.7 Å². The zero-order valence-electron chi connectivity index (χ0n) is 20.0. The first-order valence-electron chi connectivity index (χ1n) is 11.8. The van der Waals surface area contributed by atoms with Crippen molar-refractivity contribution in [2.24, 2.45) is 4.99 Å². The summed E-state index contributed by atoms with van der Waals surface area (Å²) in [5.74, 6) is 1.64. The number of rotatable bonds is 9. The maximum Gasteiger partial charge on any atom is 0.257 e. The van der Waals surface area contributed by atoms with Crippen LogP contribution in [-0.2, 0) is 6.42 Å². The van der Waals surface area contributed by atoms with Crippen LogP contribution in [0.2, 0.25) is 0 Å². The molecule has 0 aliphatic heterocycles. The van der Waals surface area contributed by atoms with Crippen molar-refractivity contribution >= 4 is 28.5 Å². The molecule has 0 bridgehead atoms. The van der Waals surface area contributed by atoms with E-state index in [2.05, 4.69) is 32.7 Å². The summed E-state index contributed by atoms with van der Waals surface area (Å²) < 4.78 is 11.0. The highest BCUT2D eigenvalue weighted by Crippen LogP contribution is 2.19. The Morgan fingerprint density at radius 3 is 2.23 bits per heavy atom. The number of anilines is 1. The van der Waals surface area contributed by atoms with Crippen molar-refractivity contribution in [2.75, 3.05) is 25.1 Å². The predicted octanol–water partition coefficient (Wildman–Crippen LogP) is 5.41. The van der Waals surface area contributed by atoms with Gasteiger partial charge in [0.1, 0.15) is 11.5 Å². The first-order valence-corrected chi connectivity index (χ1v) is 11.8. The number of nitrogens with one attached hydrogen (secondary N) is 3. The molecule has 1 aromatic heterocycles. The van der Waals surface area contributed by atoms with Gasteiger partial charge in [0.25, 0.3) is 5.91 Å². The minimum atomic E-state index is -0.252. The van der Waals surface area contributed by atoms with Crippen LogP contribution in [0.1, 0.15) is 29.8 Å². The van der Waals surface area contributed by atoms with Gasteiger partial charge in [-0.25, -0.2) is 0 Å². The zero-order chi connectivity index (χ0) is 24.5. The Bertz CT molecular complexity index is 1280. The number of aromatic amines is 1. The maximum absolute atomic E-state index is 12.9. The van der Waals surface area contributed by atoms with E-state index in [9.17, 15) is 4.79 Å². The van der Waals surface area contributed by atoms with Gasteiger partial charge >= 0.3 is 0 Å². The minimum Gasteiger partial charge on any atom is -0.494 e. The first kappa shape index (κ1) is 23.9. The summed E-state index contributed by atoms with van der Waals surface area (Å²) in [6, 6.07) is 22.8. The van der Waals surface area contributed by atoms with Crippen molar-refractivity contribution in [2.45, 2.75) is 20.3 Å². The lowest BCUT2D eigenvalue weighted by molar-refractivity contribution is 0.0977. The highest BCUT2D eigenvalue weighted by atomic mass is 16.5. The first-order chi connectivity index (χ1) is 17.2. The second kappa shape index (κ2) is 11.7. The third-order valence-corrected chi connectivity index (χ3v) is 5.41. The maximum atomic E-state index is 12.9. The third kappa shape index (κ3) is 6.41. The number of guanidine groups is 1. The molecule has 0 spiro atoms. The van der Waals surface area contributed by atoms with Crippen molar-refractivity contribution in [3.8, 4) is 11.5 Å². The highest BCUT2D eigenvalue weighted by Gasteiger charge is 2.11. The van der Waals surface area contributed by atoms with Crippen molar-refractivity contribution in [3.63, 3.8) is 0 Å². The number of aliphatic imine (C=N–C) groups is 1. The third-order valence-electron chi connectivity index (χ3n) is 5.41. The Labute approximate surface area is 205 Å². The van der Waals surface area contributed by atoms with E-state index in [1.54, 1.807) is 24.3 Å². The van der Waals surface area contributed by atoms with Crippen molar-refractivity contribution in [1.29, 1.82) is 0 Å². The van der Waals surface area contributed by atoms with Crippen LogP contribution in [0, 0.1) is 0 Å². The van der Waals surface area contributed by atoms with Crippen LogP contribution in [0.4, 0.5) is 5.69 Å². The normalized spacial score (nSPS) is 11.3. The number of H-pyrrole nitrogens is 1. The predicted molar refractivity (Wildman–Crippen MR) is 141 cm³/mol. The number of ether oxygens (including phenoxy) is 2. The van der Waals surface area contributed by atoms with E-state index in [1.165, 1.54) is 10.9 Å². The fourth-order valence-electron chi connectivity index (χ4n) is 3.72. The number of para-hydroxylation sites is 1. The summed E-state index contributed by atoms with van der Waals surface area (Å²) in [5, 5.41) is 7.32. The molecule has 35 heavy (non-hydrogen) atoms. The smallest absolute Gasteiger partial charge is 0.257 e. The second-order valence-electron chi connectivity index (χ2n) is 7.83. The molecule has 0 unspecified atom stereocenters. The van der Waals surface area contributed by atoms with E-state index in [0.717, 1.165) is 29.1 Å². The monoisotopic (exact) mass is 470 g/mol. The summed E-state index contributed by atoms with van der Waals surface area (Å²) in [6.45, 7) is 5.55. The molecule has 7 nitrogen and oxygen atoms in total. The number of hydrogen-bond donors (Lipinski definition) is 3. The molecule has 180 valence electrons. The number of fused-ring (bicyclic) bond motifs is 1. The number of hydrogen-bond acceptors (Lipinski definition) is 4. The van der Waals surface area contributed by atoms with Gasteiger partial charge in [-0.3, -0.25) is 15.1 Å². The van der Waals surface area contributed by atoms with E-state index < -0.39 is 0 Å². The molecule has 0 radical (unpaired) electrons. The zero-order valence-corrected chi connectivity index (χ0v) is 20.0. The number of carbonyl (C=O) groups is 1. The van der Waals surface area contributed by atoms with Gasteiger partial charge < -0.3 is 19.8 Å². The van der Waals surface area contributed by atoms with Crippen molar-refractivity contribution in [1.82, 2.24) is 10.3 Å². The Morgan fingerprint density at radius 1 is 0.886 bits per heavy atom. The van der Waals surface area contributed by atoms with Gasteiger partial charge in [-0.2, -0.15) is 0 Å². The number of nitrogens with zero attached hydrogens (tertiary/aromatic N) is 1. The molecule has 0 atom stereocenters. The number of amides is 1. The molecular weight excluding hydrogens is 440 g/mol. The SMILES string of the molecule is CCOc1ccc(NC(=NCCc2c[nH]c3ccccc23)NC(=O)c2ccc(OCC)cc2)cc1. The summed E-state index contributed by atoms with van der Waals surface area (Å²) in [6.07, 6.45) is 2.75. The Balaban J connectivity index is 1.49. The Kier molecular flexibility index (Phi) is 8.01. The van der Waals surface area contributed by atoms with Crippen LogP contribution < -0.4 is 20.1 Å². The highest BCUT2D eigenvalue weighted by molar-refractivity contribution is 6.10. The van der Waals surface area contributed by atoms with Crippen LogP contribution in [-0.4, -0.2) is 36.6 Å². The summed E-state index contributed by atoms with van der Waals surface area (Å²) in [7, 11) is 0. The Hall–Kier alpha value is -4.26. The van der Waals surface area contributed by atoms with E-state index in [-0.39, 0.29) is 5.91 Å². The van der Waals surface area contributed by atoms with Crippen molar-refractivity contribution in [3.05, 3.63) is 90.1 Å². The molecule has 3 aromatic carbocycles. The fraction of sp³-hybridized carbons (Fsp3) is 0.214. The van der Waals surface area contributed by atoms with Gasteiger partial charge in [0.05, 0.1) is 13.2 Å². The largest absolute Gasteiger partial charge is 0.494 e. The van der Waals surface area contributed by atoms with Crippen molar-refractivity contribution < 1.29 is 14.3 Å². The standard InChI is InChI=1S/C28H30N4O3/c1-3-34-23-13-9-20(10-14-23)27(33)32-28(31-22-11-15-24(16-12-22)35-4-2)29-18-17-21-19-30-26-8-6-5-7-25(21)26/h5-16,19,30H,3-4,17-18H2,1-2H3,(H2,29,31,32,33). The van der Waals surface area contributed by atoms with Crippen LogP contribution in [0.15, 0.2) is 84.0 Å². The van der Waals surface area contributed by atoms with Gasteiger partial charge in [-0.1, -0.05) is 18.2 Å². The number of carbonyl (C=O) groups excluding carboxylic acids is 1. The lowest BCUT2D eigenvalue weighted by Crippen LogP contribution is -2.36. The average molecular weight is 471 g/mol. The van der Waals surface area contributed by atoms with Gasteiger partial charge in [0, 0.05) is 34.9 Å². The fourth-order valence-corrected chi connectivity index (χ4v) is 3.72. The molecule has 0 saturated carbocycles. The lowest BCUT2D eigenvalue weighted by Gasteiger charge is -2.13. The van der Waals surface area contributed by atoms with Gasteiger partial charge in [0.15, 0.2) is 0 Å². The van der Waals surface area contributed by atoms with Gasteiger partial charge in [-0.05, 0) is 80.4 Å². The molecule has 0 aliphatic carbocycles.